The van der Waals surface area contributed by atoms with Gasteiger partial charge in [0.25, 0.3) is 0 Å². The molecule has 1 heterocycles. The monoisotopic (exact) mass is 224 g/mol. The maximum Gasteiger partial charge on any atom is 0.125 e. The first-order chi connectivity index (χ1) is 7.70. The predicted octanol–water partition coefficient (Wildman–Crippen LogP) is 0.938. The number of rotatable bonds is 2. The van der Waals surface area contributed by atoms with Gasteiger partial charge in [-0.1, -0.05) is 6.07 Å². The van der Waals surface area contributed by atoms with Crippen molar-refractivity contribution in [2.45, 2.75) is 6.04 Å². The van der Waals surface area contributed by atoms with Crippen LogP contribution in [0.5, 0.6) is 0 Å². The fourth-order valence-corrected chi connectivity index (χ4v) is 2.16. The highest BCUT2D eigenvalue weighted by Crippen LogP contribution is 2.20. The van der Waals surface area contributed by atoms with Gasteiger partial charge >= 0.3 is 0 Å². The number of halogens is 1. The molecular weight excluding hydrogens is 207 g/mol. The summed E-state index contributed by atoms with van der Waals surface area (Å²) < 4.78 is 13.1. The van der Waals surface area contributed by atoms with E-state index in [2.05, 4.69) is 9.80 Å². The molecule has 16 heavy (non-hydrogen) atoms. The quantitative estimate of drug-likeness (QED) is 0.810. The lowest BCUT2D eigenvalue weighted by atomic mass is 10.1. The lowest BCUT2D eigenvalue weighted by molar-refractivity contribution is 0.191. The normalized spacial score (nSPS) is 22.4. The lowest BCUT2D eigenvalue weighted by Crippen LogP contribution is -2.53. The van der Waals surface area contributed by atoms with Gasteiger partial charge in [-0.25, -0.2) is 4.39 Å². The van der Waals surface area contributed by atoms with E-state index in [0.717, 1.165) is 25.3 Å². The zero-order chi connectivity index (χ0) is 11.5. The smallest absolute Gasteiger partial charge is 0.125 e. The summed E-state index contributed by atoms with van der Waals surface area (Å²) in [5.74, 6) is -0.229. The van der Waals surface area contributed by atoms with Gasteiger partial charge in [-0.15, -0.1) is 0 Å². The highest BCUT2D eigenvalue weighted by Gasteiger charge is 2.24. The predicted molar refractivity (Wildman–Crippen MR) is 62.1 cm³/mol. The Kier molecular flexibility index (Phi) is 3.41. The third kappa shape index (κ3) is 2.33. The number of aliphatic hydroxyl groups excluding tert-OH is 1. The van der Waals surface area contributed by atoms with Crippen LogP contribution in [-0.2, 0) is 0 Å². The first-order valence-corrected chi connectivity index (χ1v) is 5.52. The van der Waals surface area contributed by atoms with Gasteiger partial charge in [0, 0.05) is 25.3 Å². The molecular formula is C12H17FN2O. The number of anilines is 1. The van der Waals surface area contributed by atoms with Crippen LogP contribution in [0.2, 0.25) is 0 Å². The molecule has 1 aliphatic heterocycles. The SMILES string of the molecule is CN1CCN(c2cccc(F)c2)C(CO)C1. The van der Waals surface area contributed by atoms with Gasteiger partial charge in [0.2, 0.25) is 0 Å². The van der Waals surface area contributed by atoms with Crippen LogP contribution in [0.3, 0.4) is 0 Å². The molecule has 1 fully saturated rings. The fraction of sp³-hybridized carbons (Fsp3) is 0.500. The Hall–Kier alpha value is -1.13. The zero-order valence-electron chi connectivity index (χ0n) is 9.43. The number of likely N-dealkylation sites (N-methyl/N-ethyl adjacent to an activating group) is 1. The van der Waals surface area contributed by atoms with E-state index < -0.39 is 0 Å². The average molecular weight is 224 g/mol. The molecule has 3 nitrogen and oxygen atoms in total. The van der Waals surface area contributed by atoms with E-state index in [9.17, 15) is 9.50 Å². The van der Waals surface area contributed by atoms with Crippen molar-refractivity contribution in [1.82, 2.24) is 4.90 Å². The van der Waals surface area contributed by atoms with Gasteiger partial charge in [-0.3, -0.25) is 0 Å². The van der Waals surface area contributed by atoms with Crippen LogP contribution in [0, 0.1) is 5.82 Å². The second-order valence-corrected chi connectivity index (χ2v) is 4.27. The van der Waals surface area contributed by atoms with Crippen LogP contribution in [-0.4, -0.2) is 49.3 Å². The van der Waals surface area contributed by atoms with Crippen molar-refractivity contribution in [1.29, 1.82) is 0 Å². The Morgan fingerprint density at radius 1 is 1.44 bits per heavy atom. The highest BCUT2D eigenvalue weighted by atomic mass is 19.1. The number of aliphatic hydroxyl groups is 1. The molecule has 1 aromatic rings. The minimum atomic E-state index is -0.229. The van der Waals surface area contributed by atoms with Gasteiger partial charge in [0.05, 0.1) is 12.6 Å². The van der Waals surface area contributed by atoms with Crippen LogP contribution in [0.25, 0.3) is 0 Å². The minimum absolute atomic E-state index is 0.0561. The topological polar surface area (TPSA) is 26.7 Å². The molecule has 0 bridgehead atoms. The maximum absolute atomic E-state index is 13.1. The largest absolute Gasteiger partial charge is 0.394 e. The van der Waals surface area contributed by atoms with Crippen LogP contribution < -0.4 is 4.90 Å². The van der Waals surface area contributed by atoms with Crippen LogP contribution >= 0.6 is 0 Å². The average Bonchev–Trinajstić information content (AvgIpc) is 2.28. The Morgan fingerprint density at radius 3 is 2.94 bits per heavy atom. The minimum Gasteiger partial charge on any atom is -0.394 e. The van der Waals surface area contributed by atoms with Crippen LogP contribution in [0.1, 0.15) is 0 Å². The van der Waals surface area contributed by atoms with Gasteiger partial charge in [0.1, 0.15) is 5.82 Å². The van der Waals surface area contributed by atoms with E-state index in [4.69, 9.17) is 0 Å². The first-order valence-electron chi connectivity index (χ1n) is 5.52. The second kappa shape index (κ2) is 4.80. The maximum atomic E-state index is 13.1. The molecule has 0 saturated carbocycles. The molecule has 0 radical (unpaired) electrons. The van der Waals surface area contributed by atoms with Crippen molar-refractivity contribution < 1.29 is 9.50 Å². The van der Waals surface area contributed by atoms with Crippen molar-refractivity contribution in [3.8, 4) is 0 Å². The summed E-state index contributed by atoms with van der Waals surface area (Å²) in [6.07, 6.45) is 0. The molecule has 1 atom stereocenters. The molecule has 0 amide bonds. The third-order valence-electron chi connectivity index (χ3n) is 3.04. The van der Waals surface area contributed by atoms with Gasteiger partial charge < -0.3 is 14.9 Å². The van der Waals surface area contributed by atoms with E-state index in [0.29, 0.717) is 0 Å². The number of nitrogens with zero attached hydrogens (tertiary/aromatic N) is 2. The zero-order valence-corrected chi connectivity index (χ0v) is 9.43. The van der Waals surface area contributed by atoms with E-state index >= 15 is 0 Å². The molecule has 1 N–H and O–H groups in total. The highest BCUT2D eigenvalue weighted by molar-refractivity contribution is 5.48. The molecule has 0 aromatic heterocycles. The number of hydrogen-bond acceptors (Lipinski definition) is 3. The molecule has 1 saturated heterocycles. The third-order valence-corrected chi connectivity index (χ3v) is 3.04. The van der Waals surface area contributed by atoms with Crippen molar-refractivity contribution >= 4 is 5.69 Å². The van der Waals surface area contributed by atoms with Crippen molar-refractivity contribution in [3.63, 3.8) is 0 Å². The van der Waals surface area contributed by atoms with E-state index in [-0.39, 0.29) is 18.5 Å². The summed E-state index contributed by atoms with van der Waals surface area (Å²) in [6, 6.07) is 6.61. The number of piperazine rings is 1. The lowest BCUT2D eigenvalue weighted by Gasteiger charge is -2.40. The molecule has 2 rings (SSSR count). The van der Waals surface area contributed by atoms with Crippen LogP contribution in [0.15, 0.2) is 24.3 Å². The molecule has 0 spiro atoms. The van der Waals surface area contributed by atoms with Gasteiger partial charge in [-0.05, 0) is 25.2 Å². The number of hydrogen-bond donors (Lipinski definition) is 1. The summed E-state index contributed by atoms with van der Waals surface area (Å²) in [6.45, 7) is 2.67. The molecule has 1 unspecified atom stereocenters. The fourth-order valence-electron chi connectivity index (χ4n) is 2.16. The Labute approximate surface area is 95.1 Å². The summed E-state index contributed by atoms with van der Waals surface area (Å²) in [5.41, 5.74) is 0.854. The van der Waals surface area contributed by atoms with Crippen molar-refractivity contribution in [3.05, 3.63) is 30.1 Å². The first kappa shape index (κ1) is 11.4. The van der Waals surface area contributed by atoms with Gasteiger partial charge in [0.15, 0.2) is 0 Å². The van der Waals surface area contributed by atoms with E-state index in [1.54, 1.807) is 6.07 Å². The summed E-state index contributed by atoms with van der Waals surface area (Å²) >= 11 is 0. The van der Waals surface area contributed by atoms with E-state index in [1.807, 2.05) is 13.1 Å². The second-order valence-electron chi connectivity index (χ2n) is 4.27. The molecule has 0 aliphatic carbocycles. The Morgan fingerprint density at radius 2 is 2.25 bits per heavy atom. The van der Waals surface area contributed by atoms with Crippen molar-refractivity contribution in [2.75, 3.05) is 38.2 Å². The molecule has 88 valence electrons. The summed E-state index contributed by atoms with van der Waals surface area (Å²) in [4.78, 5) is 4.25. The molecule has 4 heteroatoms. The molecule has 1 aromatic carbocycles. The standard InChI is InChI=1S/C12H17FN2O/c1-14-5-6-15(12(8-14)9-16)11-4-2-3-10(13)7-11/h2-4,7,12,16H,5-6,8-9H2,1H3. The summed E-state index contributed by atoms with van der Waals surface area (Å²) in [5, 5.41) is 9.35. The number of benzene rings is 1. The van der Waals surface area contributed by atoms with Gasteiger partial charge in [-0.2, -0.15) is 0 Å². The van der Waals surface area contributed by atoms with E-state index in [1.165, 1.54) is 12.1 Å². The van der Waals surface area contributed by atoms with Crippen molar-refractivity contribution in [2.24, 2.45) is 0 Å². The van der Waals surface area contributed by atoms with Crippen LogP contribution in [0.4, 0.5) is 10.1 Å². The Bertz CT molecular complexity index is 359. The Balaban J connectivity index is 2.19. The summed E-state index contributed by atoms with van der Waals surface area (Å²) in [7, 11) is 2.03. The molecule has 1 aliphatic rings.